The lowest BCUT2D eigenvalue weighted by atomic mass is 9.88. The molecule has 1 fully saturated rings. The van der Waals surface area contributed by atoms with Crippen LogP contribution in [-0.4, -0.2) is 39.9 Å². The minimum atomic E-state index is -0.724. The number of hydrogen-bond acceptors (Lipinski definition) is 3. The summed E-state index contributed by atoms with van der Waals surface area (Å²) in [5.74, 6) is 0. The van der Waals surface area contributed by atoms with Gasteiger partial charge in [-0.25, -0.2) is 0 Å². The Morgan fingerprint density at radius 2 is 2.12 bits per heavy atom. The van der Waals surface area contributed by atoms with Gasteiger partial charge in [0.15, 0.2) is 0 Å². The summed E-state index contributed by atoms with van der Waals surface area (Å²) >= 11 is 3.49. The van der Waals surface area contributed by atoms with Crippen molar-refractivity contribution in [3.8, 4) is 0 Å². The zero-order valence-electron chi connectivity index (χ0n) is 9.78. The molecule has 4 nitrogen and oxygen atoms in total. The summed E-state index contributed by atoms with van der Waals surface area (Å²) in [5, 5.41) is 15.0. The van der Waals surface area contributed by atoms with Gasteiger partial charge in [0.1, 0.15) is 5.60 Å². The molecule has 0 saturated carbocycles. The Balaban J connectivity index is 2.31. The fourth-order valence-corrected chi connectivity index (χ4v) is 2.96. The van der Waals surface area contributed by atoms with Crippen LogP contribution in [0.1, 0.15) is 25.5 Å². The number of aromatic nitrogens is 2. The van der Waals surface area contributed by atoms with Crippen LogP contribution < -0.4 is 0 Å². The Kier molecular flexibility index (Phi) is 3.37. The van der Waals surface area contributed by atoms with Gasteiger partial charge in [0.05, 0.1) is 16.4 Å². The molecule has 1 N–H and O–H groups in total. The maximum atomic E-state index is 10.7. The summed E-state index contributed by atoms with van der Waals surface area (Å²) in [6.45, 7) is 4.69. The molecule has 0 spiro atoms. The highest BCUT2D eigenvalue weighted by Crippen LogP contribution is 2.36. The molecule has 0 unspecified atom stereocenters. The normalized spacial score (nSPS) is 21.2. The summed E-state index contributed by atoms with van der Waals surface area (Å²) in [6, 6.07) is 0. The summed E-state index contributed by atoms with van der Waals surface area (Å²) in [6.07, 6.45) is 3.32. The van der Waals surface area contributed by atoms with Gasteiger partial charge in [-0.15, -0.1) is 0 Å². The first-order chi connectivity index (χ1) is 7.57. The van der Waals surface area contributed by atoms with E-state index in [0.29, 0.717) is 0 Å². The molecule has 0 aliphatic carbocycles. The fourth-order valence-electron chi connectivity index (χ4n) is 2.29. The fraction of sp³-hybridized carbons (Fsp3) is 0.727. The van der Waals surface area contributed by atoms with Crippen molar-refractivity contribution in [3.05, 3.63) is 16.4 Å². The van der Waals surface area contributed by atoms with E-state index in [2.05, 4.69) is 33.0 Å². The zero-order chi connectivity index (χ0) is 11.8. The molecule has 1 aromatic heterocycles. The van der Waals surface area contributed by atoms with Crippen LogP contribution in [0.5, 0.6) is 0 Å². The molecule has 0 aromatic carbocycles. The molecule has 0 atom stereocenters. The summed E-state index contributed by atoms with van der Waals surface area (Å²) in [5.41, 5.74) is 0.209. The van der Waals surface area contributed by atoms with Crippen LogP contribution in [0.25, 0.3) is 0 Å². The van der Waals surface area contributed by atoms with E-state index in [0.717, 1.165) is 42.6 Å². The van der Waals surface area contributed by atoms with Gasteiger partial charge < -0.3 is 10.0 Å². The second kappa shape index (κ2) is 4.47. The van der Waals surface area contributed by atoms with Crippen LogP contribution in [0.2, 0.25) is 0 Å². The van der Waals surface area contributed by atoms with Crippen LogP contribution in [-0.2, 0) is 12.1 Å². The Hall–Kier alpha value is -0.390. The third-order valence-corrected chi connectivity index (χ3v) is 3.93. The number of aryl methyl sites for hydroxylation is 1. The second-order valence-electron chi connectivity index (χ2n) is 4.49. The molecule has 0 radical (unpaired) electrons. The lowest BCUT2D eigenvalue weighted by Crippen LogP contribution is -2.42. The van der Waals surface area contributed by atoms with E-state index in [1.165, 1.54) is 0 Å². The van der Waals surface area contributed by atoms with E-state index in [-0.39, 0.29) is 0 Å². The molecule has 1 aliphatic heterocycles. The highest BCUT2D eigenvalue weighted by atomic mass is 79.9. The lowest BCUT2D eigenvalue weighted by Gasteiger charge is -2.37. The van der Waals surface area contributed by atoms with Crippen LogP contribution in [0.3, 0.4) is 0 Å². The lowest BCUT2D eigenvalue weighted by molar-refractivity contribution is -0.0279. The Labute approximate surface area is 104 Å². The van der Waals surface area contributed by atoms with E-state index in [1.54, 1.807) is 6.20 Å². The van der Waals surface area contributed by atoms with E-state index >= 15 is 0 Å². The van der Waals surface area contributed by atoms with E-state index in [9.17, 15) is 5.11 Å². The topological polar surface area (TPSA) is 41.3 Å². The van der Waals surface area contributed by atoms with Gasteiger partial charge in [-0.1, -0.05) is 0 Å². The maximum Gasteiger partial charge on any atom is 0.110 e. The molecule has 16 heavy (non-hydrogen) atoms. The number of rotatable bonds is 2. The number of halogens is 1. The van der Waals surface area contributed by atoms with Crippen molar-refractivity contribution in [1.82, 2.24) is 14.7 Å². The Bertz CT molecular complexity index is 369. The standard InChI is InChI=1S/C11H18BrN3O/c1-3-15-10(9(12)8-13-15)11(16)4-6-14(2)7-5-11/h8,16H,3-7H2,1-2H3. The second-order valence-corrected chi connectivity index (χ2v) is 5.35. The van der Waals surface area contributed by atoms with Gasteiger partial charge in [0.2, 0.25) is 0 Å². The average Bonchev–Trinajstić information content (AvgIpc) is 2.65. The van der Waals surface area contributed by atoms with Crippen molar-refractivity contribution >= 4 is 15.9 Å². The van der Waals surface area contributed by atoms with Gasteiger partial charge in [-0.3, -0.25) is 4.68 Å². The van der Waals surface area contributed by atoms with Crippen molar-refractivity contribution in [2.45, 2.75) is 31.9 Å². The van der Waals surface area contributed by atoms with Gasteiger partial charge in [0.25, 0.3) is 0 Å². The smallest absolute Gasteiger partial charge is 0.110 e. The number of piperidine rings is 1. The van der Waals surface area contributed by atoms with Crippen molar-refractivity contribution in [1.29, 1.82) is 0 Å². The molecule has 2 rings (SSSR count). The van der Waals surface area contributed by atoms with Crippen molar-refractivity contribution < 1.29 is 5.11 Å². The van der Waals surface area contributed by atoms with Gasteiger partial charge in [-0.05, 0) is 42.7 Å². The van der Waals surface area contributed by atoms with Crippen molar-refractivity contribution in [2.24, 2.45) is 0 Å². The SMILES string of the molecule is CCn1ncc(Br)c1C1(O)CCN(C)CC1. The molecular formula is C11H18BrN3O. The Morgan fingerprint density at radius 1 is 1.50 bits per heavy atom. The molecule has 0 amide bonds. The quantitative estimate of drug-likeness (QED) is 0.898. The molecule has 2 heterocycles. The monoisotopic (exact) mass is 287 g/mol. The van der Waals surface area contributed by atoms with Gasteiger partial charge in [-0.2, -0.15) is 5.10 Å². The van der Waals surface area contributed by atoms with Crippen molar-refractivity contribution in [3.63, 3.8) is 0 Å². The Morgan fingerprint density at radius 3 is 2.69 bits per heavy atom. The third kappa shape index (κ3) is 2.04. The first-order valence-corrected chi connectivity index (χ1v) is 6.49. The zero-order valence-corrected chi connectivity index (χ0v) is 11.4. The first-order valence-electron chi connectivity index (χ1n) is 5.69. The van der Waals surface area contributed by atoms with Gasteiger partial charge >= 0.3 is 0 Å². The van der Waals surface area contributed by atoms with Crippen molar-refractivity contribution in [2.75, 3.05) is 20.1 Å². The molecular weight excluding hydrogens is 270 g/mol. The third-order valence-electron chi connectivity index (χ3n) is 3.35. The van der Waals surface area contributed by atoms with Crippen LogP contribution in [0, 0.1) is 0 Å². The maximum absolute atomic E-state index is 10.7. The number of hydrogen-bond donors (Lipinski definition) is 1. The average molecular weight is 288 g/mol. The molecule has 90 valence electrons. The minimum Gasteiger partial charge on any atom is -0.383 e. The highest BCUT2D eigenvalue weighted by molar-refractivity contribution is 9.10. The summed E-state index contributed by atoms with van der Waals surface area (Å²) < 4.78 is 2.80. The highest BCUT2D eigenvalue weighted by Gasteiger charge is 2.37. The minimum absolute atomic E-state index is 0.724. The van der Waals surface area contributed by atoms with Gasteiger partial charge in [0, 0.05) is 19.6 Å². The number of likely N-dealkylation sites (tertiary alicyclic amines) is 1. The summed E-state index contributed by atoms with van der Waals surface area (Å²) in [4.78, 5) is 2.25. The van der Waals surface area contributed by atoms with Crippen LogP contribution in [0.15, 0.2) is 10.7 Å². The van der Waals surface area contributed by atoms with Crippen LogP contribution in [0.4, 0.5) is 0 Å². The molecule has 0 bridgehead atoms. The molecule has 5 heteroatoms. The summed E-state index contributed by atoms with van der Waals surface area (Å²) in [7, 11) is 2.09. The molecule has 1 aromatic rings. The first kappa shape index (κ1) is 12.1. The predicted molar refractivity (Wildman–Crippen MR) is 66.2 cm³/mol. The molecule has 1 aliphatic rings. The number of nitrogens with zero attached hydrogens (tertiary/aromatic N) is 3. The predicted octanol–water partition coefficient (Wildman–Crippen LogP) is 1.58. The largest absolute Gasteiger partial charge is 0.383 e. The number of aliphatic hydroxyl groups is 1. The van der Waals surface area contributed by atoms with E-state index < -0.39 is 5.60 Å². The van der Waals surface area contributed by atoms with E-state index in [1.807, 2.05) is 11.6 Å². The van der Waals surface area contributed by atoms with Crippen LogP contribution >= 0.6 is 15.9 Å². The molecule has 1 saturated heterocycles. The van der Waals surface area contributed by atoms with E-state index in [4.69, 9.17) is 0 Å².